The molecule has 5 heteroatoms. The Kier molecular flexibility index (Phi) is 26.0. The van der Waals surface area contributed by atoms with Gasteiger partial charge in [-0.05, 0) is 45.7 Å². The Morgan fingerprint density at radius 2 is 0.848 bits per heavy atom. The van der Waals surface area contributed by atoms with E-state index in [1.807, 2.05) is 0 Å². The summed E-state index contributed by atoms with van der Waals surface area (Å²) in [5.41, 5.74) is 0. The number of rotatable bonds is 25. The van der Waals surface area contributed by atoms with Gasteiger partial charge in [0.1, 0.15) is 0 Å². The van der Waals surface area contributed by atoms with Crippen LogP contribution in [0.1, 0.15) is 130 Å². The topological polar surface area (TPSA) is 18.5 Å². The Labute approximate surface area is 217 Å². The third kappa shape index (κ3) is 23.9. The second kappa shape index (κ2) is 24.1. The summed E-state index contributed by atoms with van der Waals surface area (Å²) in [6, 6.07) is 1.12. The Hall–Kier alpha value is 0.387. The highest BCUT2D eigenvalue weighted by Gasteiger charge is 2.31. The van der Waals surface area contributed by atoms with Gasteiger partial charge in [-0.3, -0.25) is 0 Å². The van der Waals surface area contributed by atoms with Gasteiger partial charge in [0.2, 0.25) is 0 Å². The summed E-state index contributed by atoms with van der Waals surface area (Å²) in [6.07, 6.45) is 24.3. The van der Waals surface area contributed by atoms with E-state index in [0.717, 1.165) is 23.7 Å². The van der Waals surface area contributed by atoms with E-state index in [1.54, 1.807) is 0 Å². The molecular weight excluding hydrogens is 446 g/mol. The van der Waals surface area contributed by atoms with Crippen molar-refractivity contribution < 1.29 is 25.7 Å². The molecule has 0 aromatic carbocycles. The molecule has 0 unspecified atom stereocenters. The molecule has 0 spiro atoms. The molecule has 0 amide bonds. The van der Waals surface area contributed by atoms with Crippen LogP contribution in [0.2, 0.25) is 12.6 Å². The number of quaternary nitrogens is 1. The molecule has 0 atom stereocenters. The van der Waals surface area contributed by atoms with Crippen LogP contribution in [0.15, 0.2) is 0 Å². The number of hydrogen-bond acceptors (Lipinski definition) is 2. The van der Waals surface area contributed by atoms with Gasteiger partial charge < -0.3 is 25.7 Å². The molecule has 0 aliphatic rings. The van der Waals surface area contributed by atoms with Crippen molar-refractivity contribution in [3.05, 3.63) is 0 Å². The molecule has 0 aliphatic heterocycles. The summed E-state index contributed by atoms with van der Waals surface area (Å²) < 4.78 is 13.1. The number of nitrogens with zero attached hydrogens (tertiary/aromatic N) is 1. The zero-order valence-electron chi connectivity index (χ0n) is 23.7. The number of unbranched alkanes of at least 4 members (excludes halogenated alkanes) is 15. The molecule has 0 heterocycles. The fourth-order valence-corrected chi connectivity index (χ4v) is 7.22. The van der Waals surface area contributed by atoms with Crippen molar-refractivity contribution in [2.75, 3.05) is 40.4 Å². The van der Waals surface area contributed by atoms with Crippen LogP contribution in [0.4, 0.5) is 0 Å². The largest absolute Gasteiger partial charge is 1.00 e. The summed E-state index contributed by atoms with van der Waals surface area (Å²) in [5.74, 6) is 0. The molecule has 0 fully saturated rings. The first-order valence-corrected chi connectivity index (χ1v) is 17.0. The SMILES string of the molecule is CCCCCCCCCCCCCCCCCC[N+](C)(C)CCC[Si](C)(OCC)OCC.[Cl-]. The molecule has 0 saturated heterocycles. The van der Waals surface area contributed by atoms with E-state index in [-0.39, 0.29) is 12.4 Å². The summed E-state index contributed by atoms with van der Waals surface area (Å²) in [6.45, 7) is 12.8. The lowest BCUT2D eigenvalue weighted by atomic mass is 10.0. The molecule has 3 nitrogen and oxygen atoms in total. The second-order valence-electron chi connectivity index (χ2n) is 10.8. The van der Waals surface area contributed by atoms with E-state index in [4.69, 9.17) is 8.85 Å². The highest BCUT2D eigenvalue weighted by Crippen LogP contribution is 2.18. The van der Waals surface area contributed by atoms with Gasteiger partial charge in [0.05, 0.1) is 27.2 Å². The molecule has 0 aliphatic carbocycles. The average Bonchev–Trinajstić information content (AvgIpc) is 2.73. The molecule has 202 valence electrons. The monoisotopic (exact) mass is 507 g/mol. The Bertz CT molecular complexity index is 390. The molecule has 0 aromatic rings. The zero-order chi connectivity index (χ0) is 24.0. The Morgan fingerprint density at radius 3 is 1.21 bits per heavy atom. The van der Waals surface area contributed by atoms with Gasteiger partial charge in [-0.15, -0.1) is 0 Å². The minimum atomic E-state index is -1.94. The van der Waals surface area contributed by atoms with Gasteiger partial charge >= 0.3 is 8.56 Å². The minimum absolute atomic E-state index is 0. The summed E-state index contributed by atoms with van der Waals surface area (Å²) in [7, 11) is 2.85. The van der Waals surface area contributed by atoms with Crippen molar-refractivity contribution in [2.45, 2.75) is 143 Å². The normalized spacial score (nSPS) is 12.2. The van der Waals surface area contributed by atoms with E-state index in [9.17, 15) is 0 Å². The standard InChI is InChI=1S/C28H62NO2Si.ClH/c1-7-10-11-12-13-14-15-16-17-18-19-20-21-22-23-24-26-29(4,5)27-25-28-32(6,30-8-2)31-9-3;/h7-28H2,1-6H3;1H/q+1;/p-1. The molecule has 0 rings (SSSR count). The minimum Gasteiger partial charge on any atom is -1.00 e. The van der Waals surface area contributed by atoms with Gasteiger partial charge in [0.25, 0.3) is 0 Å². The first-order chi connectivity index (χ1) is 15.4. The van der Waals surface area contributed by atoms with Gasteiger partial charge in [0, 0.05) is 13.2 Å². The van der Waals surface area contributed by atoms with Crippen molar-refractivity contribution in [1.82, 2.24) is 0 Å². The molecule has 0 radical (unpaired) electrons. The van der Waals surface area contributed by atoms with Crippen LogP contribution in [-0.4, -0.2) is 53.4 Å². The lowest BCUT2D eigenvalue weighted by Crippen LogP contribution is -3.00. The van der Waals surface area contributed by atoms with Gasteiger partial charge in [0.15, 0.2) is 0 Å². The van der Waals surface area contributed by atoms with Crippen molar-refractivity contribution in [3.63, 3.8) is 0 Å². The second-order valence-corrected chi connectivity index (χ2v) is 14.1. The summed E-state index contributed by atoms with van der Waals surface area (Å²) >= 11 is 0. The van der Waals surface area contributed by atoms with E-state index < -0.39 is 8.56 Å². The zero-order valence-corrected chi connectivity index (χ0v) is 25.5. The fourth-order valence-electron chi connectivity index (χ4n) is 4.82. The number of halogens is 1. The lowest BCUT2D eigenvalue weighted by molar-refractivity contribution is -0.890. The van der Waals surface area contributed by atoms with Gasteiger partial charge in [-0.1, -0.05) is 96.8 Å². The van der Waals surface area contributed by atoms with Crippen LogP contribution < -0.4 is 12.4 Å². The third-order valence-electron chi connectivity index (χ3n) is 6.91. The summed E-state index contributed by atoms with van der Waals surface area (Å²) in [4.78, 5) is 0. The van der Waals surface area contributed by atoms with Crippen LogP contribution in [0, 0.1) is 0 Å². The van der Waals surface area contributed by atoms with E-state index in [0.29, 0.717) is 0 Å². The van der Waals surface area contributed by atoms with Gasteiger partial charge in [-0.2, -0.15) is 0 Å². The van der Waals surface area contributed by atoms with Crippen LogP contribution >= 0.6 is 0 Å². The highest BCUT2D eigenvalue weighted by molar-refractivity contribution is 6.66. The molecule has 0 N–H and O–H groups in total. The van der Waals surface area contributed by atoms with E-state index in [2.05, 4.69) is 41.4 Å². The van der Waals surface area contributed by atoms with E-state index in [1.165, 1.54) is 122 Å². The molecule has 33 heavy (non-hydrogen) atoms. The Morgan fingerprint density at radius 1 is 0.515 bits per heavy atom. The van der Waals surface area contributed by atoms with Crippen LogP contribution in [-0.2, 0) is 8.85 Å². The van der Waals surface area contributed by atoms with Crippen molar-refractivity contribution in [2.24, 2.45) is 0 Å². The van der Waals surface area contributed by atoms with Crippen molar-refractivity contribution in [3.8, 4) is 0 Å². The maximum absolute atomic E-state index is 5.99. The molecule has 0 saturated carbocycles. The summed E-state index contributed by atoms with van der Waals surface area (Å²) in [5, 5.41) is 0. The molecule has 0 bridgehead atoms. The third-order valence-corrected chi connectivity index (χ3v) is 9.97. The van der Waals surface area contributed by atoms with E-state index >= 15 is 0 Å². The average molecular weight is 508 g/mol. The quantitative estimate of drug-likeness (QED) is 0.0874. The van der Waals surface area contributed by atoms with Crippen LogP contribution in [0.25, 0.3) is 0 Å². The molecule has 0 aromatic heterocycles. The predicted octanol–water partition coefficient (Wildman–Crippen LogP) is 5.86. The predicted molar refractivity (Wildman–Crippen MR) is 146 cm³/mol. The number of hydrogen-bond donors (Lipinski definition) is 0. The maximum Gasteiger partial charge on any atom is 0.335 e. The first kappa shape index (κ1) is 35.5. The van der Waals surface area contributed by atoms with Crippen LogP contribution in [0.5, 0.6) is 0 Å². The van der Waals surface area contributed by atoms with Crippen molar-refractivity contribution >= 4 is 8.56 Å². The maximum atomic E-state index is 5.99. The van der Waals surface area contributed by atoms with Gasteiger partial charge in [-0.25, -0.2) is 0 Å². The highest BCUT2D eigenvalue weighted by atomic mass is 35.5. The molecular formula is C28H62ClNO2Si. The fraction of sp³-hybridized carbons (Fsp3) is 1.00. The van der Waals surface area contributed by atoms with Crippen molar-refractivity contribution in [1.29, 1.82) is 0 Å². The lowest BCUT2D eigenvalue weighted by Gasteiger charge is -2.32. The smallest absolute Gasteiger partial charge is 0.335 e. The Balaban J connectivity index is 0. The first-order valence-electron chi connectivity index (χ1n) is 14.5. The van der Waals surface area contributed by atoms with Crippen LogP contribution in [0.3, 0.4) is 0 Å².